The molecule has 0 saturated carbocycles. The highest BCUT2D eigenvalue weighted by Gasteiger charge is 2.02. The van der Waals surface area contributed by atoms with E-state index in [1.807, 2.05) is 0 Å². The standard InChI is InChI=1S/C7H5ClN4O/c1-4-7(13)12-6(10-9-4)3-2-5(8)11-12/h2-3H,1H3. The van der Waals surface area contributed by atoms with E-state index in [-0.39, 0.29) is 10.7 Å². The first-order valence-electron chi connectivity index (χ1n) is 3.57. The Morgan fingerprint density at radius 2 is 2.15 bits per heavy atom. The molecule has 0 amide bonds. The monoisotopic (exact) mass is 196 g/mol. The first-order valence-corrected chi connectivity index (χ1v) is 3.95. The Kier molecular flexibility index (Phi) is 1.73. The molecule has 0 spiro atoms. The Hall–Kier alpha value is -1.49. The predicted molar refractivity (Wildman–Crippen MR) is 46.8 cm³/mol. The summed E-state index contributed by atoms with van der Waals surface area (Å²) < 4.78 is 1.13. The van der Waals surface area contributed by atoms with Crippen LogP contribution in [0.25, 0.3) is 5.65 Å². The Balaban J connectivity index is 2.97. The fraction of sp³-hybridized carbons (Fsp3) is 0.143. The average Bonchev–Trinajstić information content (AvgIpc) is 2.12. The zero-order chi connectivity index (χ0) is 9.42. The van der Waals surface area contributed by atoms with Crippen molar-refractivity contribution in [3.8, 4) is 0 Å². The van der Waals surface area contributed by atoms with Gasteiger partial charge in [-0.25, -0.2) is 0 Å². The lowest BCUT2D eigenvalue weighted by molar-refractivity contribution is 0.802. The predicted octanol–water partition coefficient (Wildman–Crippen LogP) is 0.446. The molecule has 5 nitrogen and oxygen atoms in total. The molecular weight excluding hydrogens is 192 g/mol. The smallest absolute Gasteiger partial charge is 0.265 e. The summed E-state index contributed by atoms with van der Waals surface area (Å²) in [6, 6.07) is 3.14. The highest BCUT2D eigenvalue weighted by Crippen LogP contribution is 2.02. The molecule has 0 fully saturated rings. The highest BCUT2D eigenvalue weighted by molar-refractivity contribution is 6.29. The van der Waals surface area contributed by atoms with E-state index in [2.05, 4.69) is 15.3 Å². The number of aromatic nitrogens is 4. The van der Waals surface area contributed by atoms with Gasteiger partial charge in [0.2, 0.25) is 0 Å². The highest BCUT2D eigenvalue weighted by atomic mass is 35.5. The van der Waals surface area contributed by atoms with Gasteiger partial charge in [0.25, 0.3) is 5.56 Å². The molecular formula is C7H5ClN4O. The maximum absolute atomic E-state index is 11.4. The Bertz CT molecular complexity index is 516. The zero-order valence-electron chi connectivity index (χ0n) is 6.73. The fourth-order valence-corrected chi connectivity index (χ4v) is 1.08. The van der Waals surface area contributed by atoms with Gasteiger partial charge in [-0.3, -0.25) is 4.79 Å². The van der Waals surface area contributed by atoms with E-state index in [1.165, 1.54) is 0 Å². The van der Waals surface area contributed by atoms with Crippen molar-refractivity contribution >= 4 is 17.2 Å². The quantitative estimate of drug-likeness (QED) is 0.614. The minimum Gasteiger partial charge on any atom is -0.265 e. The van der Waals surface area contributed by atoms with E-state index in [4.69, 9.17) is 11.6 Å². The van der Waals surface area contributed by atoms with Crippen LogP contribution in [0.5, 0.6) is 0 Å². The molecule has 13 heavy (non-hydrogen) atoms. The lowest BCUT2D eigenvalue weighted by atomic mass is 10.5. The third-order valence-electron chi connectivity index (χ3n) is 1.59. The van der Waals surface area contributed by atoms with Crippen LogP contribution in [0.2, 0.25) is 5.15 Å². The third kappa shape index (κ3) is 1.27. The lowest BCUT2D eigenvalue weighted by Gasteiger charge is -1.97. The van der Waals surface area contributed by atoms with Gasteiger partial charge in [0.05, 0.1) is 0 Å². The first kappa shape index (κ1) is 8.12. The van der Waals surface area contributed by atoms with Crippen LogP contribution < -0.4 is 5.56 Å². The molecule has 6 heteroatoms. The summed E-state index contributed by atoms with van der Waals surface area (Å²) in [6.07, 6.45) is 0. The van der Waals surface area contributed by atoms with Gasteiger partial charge in [0.1, 0.15) is 10.8 Å². The molecule has 2 rings (SSSR count). The van der Waals surface area contributed by atoms with Crippen molar-refractivity contribution < 1.29 is 0 Å². The van der Waals surface area contributed by atoms with Crippen LogP contribution in [0, 0.1) is 6.92 Å². The fourth-order valence-electron chi connectivity index (χ4n) is 0.941. The van der Waals surface area contributed by atoms with E-state index >= 15 is 0 Å². The van der Waals surface area contributed by atoms with E-state index in [9.17, 15) is 4.79 Å². The van der Waals surface area contributed by atoms with Gasteiger partial charge in [-0.15, -0.1) is 10.2 Å². The van der Waals surface area contributed by atoms with Crippen molar-refractivity contribution in [1.29, 1.82) is 0 Å². The van der Waals surface area contributed by atoms with Gasteiger partial charge in [-0.1, -0.05) is 11.6 Å². The van der Waals surface area contributed by atoms with Crippen molar-refractivity contribution in [3.63, 3.8) is 0 Å². The van der Waals surface area contributed by atoms with Crippen LogP contribution in [0.1, 0.15) is 5.69 Å². The van der Waals surface area contributed by atoms with Crippen LogP contribution in [0.4, 0.5) is 0 Å². The normalized spacial score (nSPS) is 10.6. The SMILES string of the molecule is Cc1nnc2ccc(Cl)nn2c1=O. The largest absolute Gasteiger partial charge is 0.296 e. The van der Waals surface area contributed by atoms with Crippen molar-refractivity contribution in [2.45, 2.75) is 6.92 Å². The molecule has 0 bridgehead atoms. The number of hydrogen-bond donors (Lipinski definition) is 0. The maximum Gasteiger partial charge on any atom is 0.296 e. The molecule has 2 aromatic heterocycles. The lowest BCUT2D eigenvalue weighted by Crippen LogP contribution is -2.21. The van der Waals surface area contributed by atoms with Gasteiger partial charge in [0, 0.05) is 0 Å². The summed E-state index contributed by atoms with van der Waals surface area (Å²) in [5.41, 5.74) is 0.389. The maximum atomic E-state index is 11.4. The Labute approximate surface area is 78.0 Å². The molecule has 0 aliphatic rings. The van der Waals surface area contributed by atoms with Crippen LogP contribution >= 0.6 is 11.6 Å². The molecule has 0 aliphatic heterocycles. The molecule has 0 aliphatic carbocycles. The second-order valence-electron chi connectivity index (χ2n) is 2.52. The topological polar surface area (TPSA) is 60.1 Å². The molecule has 2 aromatic rings. The number of nitrogens with zero attached hydrogens (tertiary/aromatic N) is 4. The van der Waals surface area contributed by atoms with E-state index in [0.29, 0.717) is 11.3 Å². The number of fused-ring (bicyclic) bond motifs is 1. The molecule has 0 saturated heterocycles. The van der Waals surface area contributed by atoms with Crippen molar-refractivity contribution in [2.75, 3.05) is 0 Å². The zero-order valence-corrected chi connectivity index (χ0v) is 7.49. The summed E-state index contributed by atoms with van der Waals surface area (Å²) >= 11 is 5.62. The summed E-state index contributed by atoms with van der Waals surface area (Å²) in [5, 5.41) is 11.5. The second kappa shape index (κ2) is 2.77. The molecule has 0 radical (unpaired) electrons. The van der Waals surface area contributed by atoms with E-state index in [1.54, 1.807) is 19.1 Å². The van der Waals surface area contributed by atoms with Crippen LogP contribution in [-0.4, -0.2) is 19.8 Å². The average molecular weight is 197 g/mol. The summed E-state index contributed by atoms with van der Waals surface area (Å²) in [5.74, 6) is 0. The van der Waals surface area contributed by atoms with Crippen LogP contribution in [0.3, 0.4) is 0 Å². The van der Waals surface area contributed by atoms with Crippen molar-refractivity contribution in [1.82, 2.24) is 19.8 Å². The minimum atomic E-state index is -0.299. The summed E-state index contributed by atoms with van der Waals surface area (Å²) in [4.78, 5) is 11.4. The molecule has 66 valence electrons. The Morgan fingerprint density at radius 3 is 2.92 bits per heavy atom. The second-order valence-corrected chi connectivity index (χ2v) is 2.90. The molecule has 0 aromatic carbocycles. The van der Waals surface area contributed by atoms with Gasteiger partial charge >= 0.3 is 0 Å². The van der Waals surface area contributed by atoms with Crippen molar-refractivity contribution in [3.05, 3.63) is 33.3 Å². The third-order valence-corrected chi connectivity index (χ3v) is 1.79. The Morgan fingerprint density at radius 1 is 1.38 bits per heavy atom. The number of hydrogen-bond acceptors (Lipinski definition) is 4. The van der Waals surface area contributed by atoms with Gasteiger partial charge in [-0.2, -0.15) is 9.61 Å². The molecule has 0 atom stereocenters. The first-order chi connectivity index (χ1) is 6.18. The molecule has 2 heterocycles. The molecule has 0 N–H and O–H groups in total. The van der Waals surface area contributed by atoms with Crippen molar-refractivity contribution in [2.24, 2.45) is 0 Å². The van der Waals surface area contributed by atoms with Crippen LogP contribution in [0.15, 0.2) is 16.9 Å². The molecule has 0 unspecified atom stereocenters. The van der Waals surface area contributed by atoms with Gasteiger partial charge < -0.3 is 0 Å². The number of halogens is 1. The minimum absolute atomic E-state index is 0.252. The summed E-state index contributed by atoms with van der Waals surface area (Å²) in [6.45, 7) is 1.57. The van der Waals surface area contributed by atoms with Crippen LogP contribution in [-0.2, 0) is 0 Å². The van der Waals surface area contributed by atoms with E-state index < -0.39 is 0 Å². The van der Waals surface area contributed by atoms with Gasteiger partial charge in [0.15, 0.2) is 5.65 Å². The number of aryl methyl sites for hydroxylation is 1. The van der Waals surface area contributed by atoms with E-state index in [0.717, 1.165) is 4.52 Å². The summed E-state index contributed by atoms with van der Waals surface area (Å²) in [7, 11) is 0. The van der Waals surface area contributed by atoms with Gasteiger partial charge in [-0.05, 0) is 19.1 Å². The number of rotatable bonds is 0.